The normalized spacial score (nSPS) is 4.50. The first-order valence-corrected chi connectivity index (χ1v) is 1.73. The lowest BCUT2D eigenvalue weighted by molar-refractivity contribution is 0.824. The van der Waals surface area contributed by atoms with Crippen molar-refractivity contribution in [3.05, 3.63) is 0 Å². The number of nitrogens with two attached hydrogens (primary N) is 2. The molecule has 0 bridgehead atoms. The number of hydrogen-bond acceptors (Lipinski definition) is 2. The van der Waals surface area contributed by atoms with E-state index in [1.165, 1.54) is 0 Å². The summed E-state index contributed by atoms with van der Waals surface area (Å²) >= 11 is 0. The molecular weight excluding hydrogens is 72.1 g/mol. The maximum Gasteiger partial charge on any atom is 0.239 e. The summed E-state index contributed by atoms with van der Waals surface area (Å²) in [5, 5.41) is 9.31. The Morgan fingerprint density at radius 1 is 1.25 bits per heavy atom. The monoisotopic (exact) mass is 78.0 g/mol. The molecule has 0 fully saturated rings. The van der Waals surface area contributed by atoms with E-state index < -0.39 is 0 Å². The van der Waals surface area contributed by atoms with E-state index in [9.17, 15) is 0 Å². The number of hydrogen-bond donors (Lipinski definition) is 2. The Balaban J connectivity index is 0. The van der Waals surface area contributed by atoms with Crippen molar-refractivity contribution in [2.45, 2.75) is 0 Å². The molecule has 2 radical (unpaired) electrons. The third kappa shape index (κ3) is 269. The minimum absolute atomic E-state index is 0. The molecule has 0 saturated heterocycles. The average Bonchev–Trinajstić information content (AvgIpc) is 0.918. The Morgan fingerprint density at radius 2 is 1.25 bits per heavy atom. The fraction of sp³-hybridized carbons (Fsp3) is 0. The largest absolute Gasteiger partial charge is 0.412 e. The van der Waals surface area contributed by atoms with Gasteiger partial charge in [0.2, 0.25) is 9.84 Å². The number of rotatable bonds is 0. The van der Waals surface area contributed by atoms with Gasteiger partial charge in [-0.05, 0) is 0 Å². The molecular formula is H6N2OSi. The van der Waals surface area contributed by atoms with Gasteiger partial charge in [-0.1, -0.05) is 0 Å². The van der Waals surface area contributed by atoms with Crippen LogP contribution in [0.1, 0.15) is 0 Å². The summed E-state index contributed by atoms with van der Waals surface area (Å²) in [5.74, 6) is 0. The smallest absolute Gasteiger partial charge is 0.239 e. The van der Waals surface area contributed by atoms with Gasteiger partial charge in [-0.15, -0.1) is 0 Å². The summed E-state index contributed by atoms with van der Waals surface area (Å²) in [6.45, 7) is 0. The van der Waals surface area contributed by atoms with E-state index in [-0.39, 0.29) is 15.3 Å². The molecule has 4 heteroatoms. The Hall–Kier alpha value is 0.0969. The van der Waals surface area contributed by atoms with Crippen molar-refractivity contribution in [3.63, 3.8) is 0 Å². The van der Waals surface area contributed by atoms with E-state index in [1.54, 1.807) is 0 Å². The zero-order chi connectivity index (χ0) is 2.71. The standard InChI is InChI=1S/H4N2Si.H2O/c1-3-2;/h1-2H2;1H2. The highest BCUT2D eigenvalue weighted by atomic mass is 28.2. The van der Waals surface area contributed by atoms with Gasteiger partial charge in [0.15, 0.2) is 0 Å². The second-order valence-corrected chi connectivity index (χ2v) is 0.500. The lowest BCUT2D eigenvalue weighted by atomic mass is 13.9. The van der Waals surface area contributed by atoms with Crippen molar-refractivity contribution in [1.29, 1.82) is 0 Å². The molecule has 0 rings (SSSR count). The highest BCUT2D eigenvalue weighted by Crippen LogP contribution is 0.750. The molecule has 0 aliphatic heterocycles. The molecule has 0 saturated carbocycles. The van der Waals surface area contributed by atoms with Gasteiger partial charge >= 0.3 is 0 Å². The fourth-order valence-corrected chi connectivity index (χ4v) is 0. The van der Waals surface area contributed by atoms with Gasteiger partial charge in [0.25, 0.3) is 0 Å². The molecule has 0 aromatic rings. The van der Waals surface area contributed by atoms with Crippen molar-refractivity contribution in [2.75, 3.05) is 0 Å². The first-order chi connectivity index (χ1) is 1.41. The molecule has 0 amide bonds. The third-order valence-corrected chi connectivity index (χ3v) is 0. The van der Waals surface area contributed by atoms with E-state index >= 15 is 0 Å². The lowest BCUT2D eigenvalue weighted by Gasteiger charge is -1.49. The molecule has 6 N–H and O–H groups in total. The maximum atomic E-state index is 4.65. The van der Waals surface area contributed by atoms with Crippen LogP contribution in [0, 0.1) is 0 Å². The predicted octanol–water partition coefficient (Wildman–Crippen LogP) is -2.39. The van der Waals surface area contributed by atoms with Crippen LogP contribution >= 0.6 is 0 Å². The van der Waals surface area contributed by atoms with Gasteiger partial charge in [-0.25, -0.2) is 0 Å². The molecule has 0 atom stereocenters. The van der Waals surface area contributed by atoms with Gasteiger partial charge in [-0.2, -0.15) is 0 Å². The van der Waals surface area contributed by atoms with Crippen LogP contribution in [0.2, 0.25) is 0 Å². The Morgan fingerprint density at radius 3 is 1.25 bits per heavy atom. The SMILES string of the molecule is N[Si]N.O. The van der Waals surface area contributed by atoms with E-state index in [1.807, 2.05) is 0 Å². The van der Waals surface area contributed by atoms with Crippen molar-refractivity contribution in [3.8, 4) is 0 Å². The fourth-order valence-electron chi connectivity index (χ4n) is 0. The maximum absolute atomic E-state index is 4.65. The van der Waals surface area contributed by atoms with Crippen molar-refractivity contribution in [2.24, 2.45) is 10.8 Å². The third-order valence-electron chi connectivity index (χ3n) is 0. The first kappa shape index (κ1) is 8.94. The second kappa shape index (κ2) is 11.3. The van der Waals surface area contributed by atoms with E-state index in [2.05, 4.69) is 10.8 Å². The minimum Gasteiger partial charge on any atom is -0.412 e. The highest BCUT2D eigenvalue weighted by molar-refractivity contribution is 6.26. The van der Waals surface area contributed by atoms with Crippen LogP contribution in [-0.4, -0.2) is 15.3 Å². The van der Waals surface area contributed by atoms with Gasteiger partial charge in [0, 0.05) is 0 Å². The van der Waals surface area contributed by atoms with Crippen LogP contribution in [-0.2, 0) is 0 Å². The van der Waals surface area contributed by atoms with Crippen LogP contribution in [0.3, 0.4) is 0 Å². The van der Waals surface area contributed by atoms with Crippen molar-refractivity contribution < 1.29 is 5.48 Å². The molecule has 0 spiro atoms. The zero-order valence-electron chi connectivity index (χ0n) is 2.15. The summed E-state index contributed by atoms with van der Waals surface area (Å²) in [4.78, 5) is 0. The van der Waals surface area contributed by atoms with E-state index in [4.69, 9.17) is 0 Å². The molecule has 0 aromatic carbocycles. The van der Waals surface area contributed by atoms with Gasteiger partial charge in [0.05, 0.1) is 0 Å². The van der Waals surface area contributed by atoms with Crippen LogP contribution in [0.25, 0.3) is 0 Å². The van der Waals surface area contributed by atoms with E-state index in [0.29, 0.717) is 0 Å². The van der Waals surface area contributed by atoms with Crippen molar-refractivity contribution >= 4 is 9.84 Å². The molecule has 0 aromatic heterocycles. The average molecular weight is 78.1 g/mol. The van der Waals surface area contributed by atoms with Gasteiger partial charge in [0.1, 0.15) is 0 Å². The molecule has 26 valence electrons. The lowest BCUT2D eigenvalue weighted by Crippen LogP contribution is -2.15. The summed E-state index contributed by atoms with van der Waals surface area (Å²) in [7, 11) is 0.0833. The molecule has 4 heavy (non-hydrogen) atoms. The molecule has 0 heterocycles. The first-order valence-electron chi connectivity index (χ1n) is 0.577. The van der Waals surface area contributed by atoms with Crippen LogP contribution in [0.5, 0.6) is 0 Å². The summed E-state index contributed by atoms with van der Waals surface area (Å²) in [6.07, 6.45) is 0. The van der Waals surface area contributed by atoms with Gasteiger partial charge in [-0.3, -0.25) is 0 Å². The predicted molar refractivity (Wildman–Crippen MR) is 17.7 cm³/mol. The van der Waals surface area contributed by atoms with Crippen LogP contribution in [0.4, 0.5) is 0 Å². The van der Waals surface area contributed by atoms with Crippen LogP contribution < -0.4 is 10.8 Å². The summed E-state index contributed by atoms with van der Waals surface area (Å²) < 4.78 is 0. The molecule has 3 nitrogen and oxygen atoms in total. The Kier molecular flexibility index (Phi) is 25.3. The summed E-state index contributed by atoms with van der Waals surface area (Å²) in [6, 6.07) is 0. The highest BCUT2D eigenvalue weighted by Gasteiger charge is 1.39. The molecule has 0 aliphatic carbocycles. The second-order valence-electron chi connectivity index (χ2n) is 0.167. The quantitative estimate of drug-likeness (QED) is 0.317. The zero-order valence-corrected chi connectivity index (χ0v) is 3.15. The van der Waals surface area contributed by atoms with Crippen LogP contribution in [0.15, 0.2) is 0 Å². The summed E-state index contributed by atoms with van der Waals surface area (Å²) in [5.41, 5.74) is 0. The Labute approximate surface area is 27.3 Å². The molecule has 0 unspecified atom stereocenters. The molecule has 0 aliphatic rings. The van der Waals surface area contributed by atoms with E-state index in [0.717, 1.165) is 0 Å². The topological polar surface area (TPSA) is 83.5 Å². The Bertz CT molecular complexity index is 6.00. The van der Waals surface area contributed by atoms with Gasteiger partial charge < -0.3 is 16.3 Å². The van der Waals surface area contributed by atoms with Crippen molar-refractivity contribution in [1.82, 2.24) is 0 Å². The minimum atomic E-state index is 0.